The minimum Gasteiger partial charge on any atom is -0.490 e. The molecule has 1 aromatic carbocycles. The molecule has 1 fully saturated rings. The third kappa shape index (κ3) is 2.65. The lowest BCUT2D eigenvalue weighted by Gasteiger charge is -2.28. The van der Waals surface area contributed by atoms with Gasteiger partial charge in [-0.15, -0.1) is 0 Å². The lowest BCUT2D eigenvalue weighted by atomic mass is 9.95. The first kappa shape index (κ1) is 15.1. The van der Waals surface area contributed by atoms with Crippen molar-refractivity contribution in [2.45, 2.75) is 19.8 Å². The molecule has 0 spiro atoms. The predicted octanol–water partition coefficient (Wildman–Crippen LogP) is 1.20. The Morgan fingerprint density at radius 3 is 2.95 bits per heavy atom. The van der Waals surface area contributed by atoms with Crippen LogP contribution in [0, 0.1) is 5.92 Å². The highest BCUT2D eigenvalue weighted by Crippen LogP contribution is 2.37. The molecule has 1 aromatic rings. The van der Waals surface area contributed by atoms with Crippen molar-refractivity contribution >= 4 is 15.9 Å². The number of carbonyl (C=O) groups excluding carboxylic acids is 1. The number of nitrogens with zero attached hydrogens (tertiary/aromatic N) is 1. The zero-order chi connectivity index (χ0) is 15.7. The molecular formula is C15H19NO5S. The number of ether oxygens (including phenoxy) is 2. The van der Waals surface area contributed by atoms with Crippen molar-refractivity contribution in [2.75, 3.05) is 25.5 Å². The van der Waals surface area contributed by atoms with Crippen molar-refractivity contribution in [3.8, 4) is 11.5 Å². The molecule has 3 rings (SSSR count). The molecular weight excluding hydrogens is 306 g/mol. The van der Waals surface area contributed by atoms with Gasteiger partial charge in [0, 0.05) is 6.54 Å². The van der Waals surface area contributed by atoms with Crippen LogP contribution in [0.3, 0.4) is 0 Å². The number of amides is 1. The zero-order valence-corrected chi connectivity index (χ0v) is 13.3. The summed E-state index contributed by atoms with van der Waals surface area (Å²) in [6.45, 7) is 2.90. The Labute approximate surface area is 130 Å². The number of para-hydroxylation sites is 1. The quantitative estimate of drug-likeness (QED) is 0.835. The average molecular weight is 325 g/mol. The van der Waals surface area contributed by atoms with Gasteiger partial charge in [-0.2, -0.15) is 0 Å². The maximum absolute atomic E-state index is 12.5. The first-order valence-electron chi connectivity index (χ1n) is 7.44. The molecule has 0 radical (unpaired) electrons. The van der Waals surface area contributed by atoms with E-state index in [4.69, 9.17) is 9.47 Å². The van der Waals surface area contributed by atoms with Crippen molar-refractivity contribution in [2.24, 2.45) is 5.92 Å². The van der Waals surface area contributed by atoms with Crippen LogP contribution in [0.1, 0.15) is 18.9 Å². The molecule has 1 atom stereocenters. The molecule has 1 amide bonds. The molecule has 0 aliphatic carbocycles. The molecule has 2 heterocycles. The van der Waals surface area contributed by atoms with Crippen molar-refractivity contribution < 1.29 is 22.7 Å². The van der Waals surface area contributed by atoms with Gasteiger partial charge in [-0.25, -0.2) is 12.7 Å². The average Bonchev–Trinajstić information content (AvgIpc) is 2.86. The Balaban J connectivity index is 1.80. The Morgan fingerprint density at radius 2 is 2.27 bits per heavy atom. The van der Waals surface area contributed by atoms with E-state index in [1.165, 1.54) is 0 Å². The molecule has 7 heteroatoms. The molecule has 2 aliphatic rings. The number of sulfonamides is 1. The lowest BCUT2D eigenvalue weighted by molar-refractivity contribution is -0.131. The number of fused-ring (bicyclic) bond motifs is 1. The fraction of sp³-hybridized carbons (Fsp3) is 0.533. The summed E-state index contributed by atoms with van der Waals surface area (Å²) in [7, 11) is -3.43. The lowest BCUT2D eigenvalue weighted by Crippen LogP contribution is -2.41. The highest BCUT2D eigenvalue weighted by Gasteiger charge is 2.38. The van der Waals surface area contributed by atoms with Crippen molar-refractivity contribution in [3.63, 3.8) is 0 Å². The van der Waals surface area contributed by atoms with Gasteiger partial charge in [-0.1, -0.05) is 12.1 Å². The van der Waals surface area contributed by atoms with Crippen LogP contribution >= 0.6 is 0 Å². The topological polar surface area (TPSA) is 72.9 Å². The van der Waals surface area contributed by atoms with Crippen molar-refractivity contribution in [1.29, 1.82) is 0 Å². The molecule has 0 N–H and O–H groups in total. The van der Waals surface area contributed by atoms with E-state index < -0.39 is 15.9 Å². The van der Waals surface area contributed by atoms with Crippen LogP contribution in [0.2, 0.25) is 0 Å². The van der Waals surface area contributed by atoms with E-state index >= 15 is 0 Å². The standard InChI is InChI=1S/C15H19NO5S/c1-2-20-13-6-3-5-11-9-12(10-21-14(11)13)15(17)16-7-4-8-22(16,18)19/h3,5-6,12H,2,4,7-10H2,1H3. The van der Waals surface area contributed by atoms with E-state index in [0.29, 0.717) is 30.9 Å². The minimum atomic E-state index is -3.43. The second-order valence-corrected chi connectivity index (χ2v) is 7.48. The van der Waals surface area contributed by atoms with Gasteiger partial charge in [0.05, 0.1) is 18.3 Å². The molecule has 22 heavy (non-hydrogen) atoms. The van der Waals surface area contributed by atoms with E-state index in [9.17, 15) is 13.2 Å². The van der Waals surface area contributed by atoms with Gasteiger partial charge >= 0.3 is 0 Å². The van der Waals surface area contributed by atoms with Gasteiger partial charge in [0.2, 0.25) is 15.9 Å². The molecule has 0 aromatic heterocycles. The SMILES string of the molecule is CCOc1cccc2c1OCC(C(=O)N1CCCS1(=O)=O)C2. The monoisotopic (exact) mass is 325 g/mol. The molecule has 120 valence electrons. The van der Waals surface area contributed by atoms with Crippen LogP contribution in [0.15, 0.2) is 18.2 Å². The number of rotatable bonds is 3. The van der Waals surface area contributed by atoms with E-state index in [2.05, 4.69) is 0 Å². The highest BCUT2D eigenvalue weighted by atomic mass is 32.2. The summed E-state index contributed by atoms with van der Waals surface area (Å²) < 4.78 is 36.0. The van der Waals surface area contributed by atoms with E-state index in [1.54, 1.807) is 0 Å². The summed E-state index contributed by atoms with van der Waals surface area (Å²) in [4.78, 5) is 12.5. The summed E-state index contributed by atoms with van der Waals surface area (Å²) in [6.07, 6.45) is 0.980. The highest BCUT2D eigenvalue weighted by molar-refractivity contribution is 7.89. The minimum absolute atomic E-state index is 0.0530. The summed E-state index contributed by atoms with van der Waals surface area (Å²) in [6, 6.07) is 5.57. The van der Waals surface area contributed by atoms with Crippen LogP contribution in [-0.2, 0) is 21.2 Å². The Kier molecular flexibility index (Phi) is 3.99. The first-order chi connectivity index (χ1) is 10.5. The van der Waals surface area contributed by atoms with Gasteiger partial charge in [0.15, 0.2) is 11.5 Å². The van der Waals surface area contributed by atoms with Gasteiger partial charge < -0.3 is 9.47 Å². The second kappa shape index (κ2) is 5.79. The second-order valence-electron chi connectivity index (χ2n) is 5.47. The largest absolute Gasteiger partial charge is 0.490 e. The molecule has 0 saturated carbocycles. The van der Waals surface area contributed by atoms with Crippen LogP contribution in [0.4, 0.5) is 0 Å². The van der Waals surface area contributed by atoms with E-state index in [1.807, 2.05) is 25.1 Å². The summed E-state index contributed by atoms with van der Waals surface area (Å²) in [5.41, 5.74) is 0.882. The smallest absolute Gasteiger partial charge is 0.242 e. The number of hydrogen-bond acceptors (Lipinski definition) is 5. The summed E-state index contributed by atoms with van der Waals surface area (Å²) in [5, 5.41) is 0. The fourth-order valence-electron chi connectivity index (χ4n) is 2.91. The van der Waals surface area contributed by atoms with Crippen LogP contribution < -0.4 is 9.47 Å². The third-order valence-electron chi connectivity index (χ3n) is 3.95. The number of carbonyl (C=O) groups is 1. The van der Waals surface area contributed by atoms with Gasteiger partial charge in [0.1, 0.15) is 6.61 Å². The Bertz CT molecular complexity index is 685. The zero-order valence-electron chi connectivity index (χ0n) is 12.4. The fourth-order valence-corrected chi connectivity index (χ4v) is 4.46. The van der Waals surface area contributed by atoms with Gasteiger partial charge in [-0.05, 0) is 31.4 Å². The molecule has 1 saturated heterocycles. The molecule has 6 nitrogen and oxygen atoms in total. The van der Waals surface area contributed by atoms with Crippen LogP contribution in [0.25, 0.3) is 0 Å². The van der Waals surface area contributed by atoms with Crippen molar-refractivity contribution in [1.82, 2.24) is 4.31 Å². The third-order valence-corrected chi connectivity index (χ3v) is 5.79. The summed E-state index contributed by atoms with van der Waals surface area (Å²) >= 11 is 0. The van der Waals surface area contributed by atoms with Gasteiger partial charge in [-0.3, -0.25) is 4.79 Å². The predicted molar refractivity (Wildman–Crippen MR) is 80.4 cm³/mol. The normalized spacial score (nSPS) is 22.8. The number of hydrogen-bond donors (Lipinski definition) is 0. The maximum Gasteiger partial charge on any atom is 0.242 e. The maximum atomic E-state index is 12.5. The van der Waals surface area contributed by atoms with Crippen LogP contribution in [-0.4, -0.2) is 44.1 Å². The number of benzene rings is 1. The van der Waals surface area contributed by atoms with E-state index in [0.717, 1.165) is 9.87 Å². The molecule has 1 unspecified atom stereocenters. The Hall–Kier alpha value is -1.76. The van der Waals surface area contributed by atoms with E-state index in [-0.39, 0.29) is 24.8 Å². The Morgan fingerprint density at radius 1 is 1.45 bits per heavy atom. The molecule has 0 bridgehead atoms. The first-order valence-corrected chi connectivity index (χ1v) is 9.05. The summed E-state index contributed by atoms with van der Waals surface area (Å²) in [5.74, 6) is 0.566. The molecule has 2 aliphatic heterocycles. The van der Waals surface area contributed by atoms with Crippen LogP contribution in [0.5, 0.6) is 11.5 Å². The van der Waals surface area contributed by atoms with Gasteiger partial charge in [0.25, 0.3) is 0 Å². The van der Waals surface area contributed by atoms with Crippen molar-refractivity contribution in [3.05, 3.63) is 23.8 Å².